The first kappa shape index (κ1) is 24.7. The summed E-state index contributed by atoms with van der Waals surface area (Å²) in [4.78, 5) is 37.4. The van der Waals surface area contributed by atoms with Crippen molar-refractivity contribution in [2.45, 2.75) is 45.8 Å². The normalized spacial score (nSPS) is 27.5. The van der Waals surface area contributed by atoms with Crippen LogP contribution in [0.15, 0.2) is 58.2 Å². The Morgan fingerprint density at radius 1 is 1.24 bits per heavy atom. The van der Waals surface area contributed by atoms with Crippen LogP contribution in [-0.2, 0) is 28.6 Å². The summed E-state index contributed by atoms with van der Waals surface area (Å²) in [7, 11) is 0. The maximum atomic E-state index is 13.0. The van der Waals surface area contributed by atoms with Crippen LogP contribution in [0.2, 0.25) is 0 Å². The number of aliphatic hydroxyl groups is 2. The summed E-state index contributed by atoms with van der Waals surface area (Å²) in [5.41, 5.74) is 3.64. The number of rotatable bonds is 7. The average molecular weight is 459 g/mol. The molecule has 0 aromatic carbocycles. The SMILES string of the molecule is C=C1C(=O)OC2C3C(C)=CCC3=C(C)CC(OC(=O)C(=CCO)COC(=O)C(=CC)CO)C12. The Hall–Kier alpha value is -2.97. The first-order chi connectivity index (χ1) is 15.7. The summed E-state index contributed by atoms with van der Waals surface area (Å²) >= 11 is 0. The molecule has 4 unspecified atom stereocenters. The predicted molar refractivity (Wildman–Crippen MR) is 119 cm³/mol. The highest BCUT2D eigenvalue weighted by Crippen LogP contribution is 2.49. The predicted octanol–water partition coefficient (Wildman–Crippen LogP) is 2.08. The van der Waals surface area contributed by atoms with Crippen LogP contribution in [0.4, 0.5) is 0 Å². The van der Waals surface area contributed by atoms with E-state index in [1.165, 1.54) is 17.7 Å². The van der Waals surface area contributed by atoms with E-state index in [1.54, 1.807) is 6.92 Å². The Kier molecular flexibility index (Phi) is 7.71. The van der Waals surface area contributed by atoms with Gasteiger partial charge in [-0.2, -0.15) is 0 Å². The highest BCUT2D eigenvalue weighted by molar-refractivity contribution is 5.93. The molecular weight excluding hydrogens is 428 g/mol. The van der Waals surface area contributed by atoms with Gasteiger partial charge in [-0.3, -0.25) is 0 Å². The quantitative estimate of drug-likeness (QED) is 0.258. The minimum absolute atomic E-state index is 0.0440. The zero-order chi connectivity index (χ0) is 24.3. The van der Waals surface area contributed by atoms with Crippen molar-refractivity contribution in [3.8, 4) is 0 Å². The van der Waals surface area contributed by atoms with Gasteiger partial charge in [0.2, 0.25) is 0 Å². The topological polar surface area (TPSA) is 119 Å². The van der Waals surface area contributed by atoms with Crippen molar-refractivity contribution in [2.24, 2.45) is 11.8 Å². The number of fused-ring (bicyclic) bond motifs is 3. The summed E-state index contributed by atoms with van der Waals surface area (Å²) in [6, 6.07) is 0. The van der Waals surface area contributed by atoms with E-state index in [2.05, 4.69) is 12.7 Å². The maximum absolute atomic E-state index is 13.0. The minimum Gasteiger partial charge on any atom is -0.458 e. The molecule has 1 fully saturated rings. The van der Waals surface area contributed by atoms with Gasteiger partial charge in [-0.05, 0) is 33.3 Å². The lowest BCUT2D eigenvalue weighted by atomic mass is 9.82. The Balaban J connectivity index is 1.81. The average Bonchev–Trinajstić information content (AvgIpc) is 3.26. The third kappa shape index (κ3) is 4.86. The molecule has 0 bridgehead atoms. The third-order valence-corrected chi connectivity index (χ3v) is 6.55. The van der Waals surface area contributed by atoms with E-state index in [1.807, 2.05) is 13.8 Å². The molecule has 0 radical (unpaired) electrons. The molecule has 0 spiro atoms. The van der Waals surface area contributed by atoms with E-state index in [0.717, 1.165) is 17.6 Å². The molecule has 178 valence electrons. The molecule has 0 amide bonds. The molecule has 2 aliphatic carbocycles. The Morgan fingerprint density at radius 2 is 1.97 bits per heavy atom. The van der Waals surface area contributed by atoms with E-state index < -0.39 is 55.9 Å². The summed E-state index contributed by atoms with van der Waals surface area (Å²) < 4.78 is 16.6. The van der Waals surface area contributed by atoms with E-state index >= 15 is 0 Å². The molecule has 1 saturated heterocycles. The second kappa shape index (κ2) is 10.3. The van der Waals surface area contributed by atoms with E-state index in [4.69, 9.17) is 14.2 Å². The molecule has 8 nitrogen and oxygen atoms in total. The highest BCUT2D eigenvalue weighted by Gasteiger charge is 2.52. The van der Waals surface area contributed by atoms with Crippen molar-refractivity contribution < 1.29 is 38.8 Å². The molecule has 0 aromatic heterocycles. The van der Waals surface area contributed by atoms with Gasteiger partial charge in [0.1, 0.15) is 18.8 Å². The fourth-order valence-electron chi connectivity index (χ4n) is 4.72. The summed E-state index contributed by atoms with van der Waals surface area (Å²) in [6.07, 6.45) is 4.72. The Morgan fingerprint density at radius 3 is 2.61 bits per heavy atom. The zero-order valence-electron chi connectivity index (χ0n) is 19.1. The van der Waals surface area contributed by atoms with Gasteiger partial charge in [-0.1, -0.05) is 35.5 Å². The number of carbonyl (C=O) groups excluding carboxylic acids is 3. The van der Waals surface area contributed by atoms with Gasteiger partial charge in [0.25, 0.3) is 0 Å². The van der Waals surface area contributed by atoms with E-state index in [-0.39, 0.29) is 22.6 Å². The third-order valence-electron chi connectivity index (χ3n) is 6.55. The Labute approximate surface area is 192 Å². The lowest BCUT2D eigenvalue weighted by Crippen LogP contribution is -2.36. The standard InChI is InChI=1S/C25H30O8/c1-5-16(11-27)24(29)31-12-17(8-9-26)25(30)32-19-10-14(3)18-7-6-13(2)20(18)22-21(19)15(4)23(28)33-22/h5-6,8,19-22,26-27H,4,7,9-12H2,1-3H3. The van der Waals surface area contributed by atoms with E-state index in [0.29, 0.717) is 6.42 Å². The molecule has 3 aliphatic rings. The number of aliphatic hydroxyl groups excluding tert-OH is 2. The van der Waals surface area contributed by atoms with Crippen molar-refractivity contribution in [2.75, 3.05) is 19.8 Å². The molecular formula is C25H30O8. The van der Waals surface area contributed by atoms with Crippen LogP contribution in [0, 0.1) is 11.8 Å². The van der Waals surface area contributed by atoms with Crippen LogP contribution < -0.4 is 0 Å². The lowest BCUT2D eigenvalue weighted by Gasteiger charge is -2.28. The first-order valence-corrected chi connectivity index (χ1v) is 10.9. The van der Waals surface area contributed by atoms with Crippen molar-refractivity contribution >= 4 is 17.9 Å². The molecule has 2 N–H and O–H groups in total. The van der Waals surface area contributed by atoms with Gasteiger partial charge in [-0.15, -0.1) is 0 Å². The highest BCUT2D eigenvalue weighted by atomic mass is 16.6. The summed E-state index contributed by atoms with van der Waals surface area (Å²) in [6.45, 7) is 8.08. The number of hydrogen-bond donors (Lipinski definition) is 2. The second-order valence-electron chi connectivity index (χ2n) is 8.46. The van der Waals surface area contributed by atoms with Gasteiger partial charge in [0.05, 0.1) is 30.3 Å². The first-order valence-electron chi connectivity index (χ1n) is 10.9. The van der Waals surface area contributed by atoms with Crippen LogP contribution in [-0.4, -0.2) is 60.1 Å². The maximum Gasteiger partial charge on any atom is 0.337 e. The molecule has 4 atom stereocenters. The van der Waals surface area contributed by atoms with Crippen molar-refractivity contribution in [1.29, 1.82) is 0 Å². The van der Waals surface area contributed by atoms with Gasteiger partial charge < -0.3 is 24.4 Å². The molecule has 0 saturated carbocycles. The molecule has 33 heavy (non-hydrogen) atoms. The van der Waals surface area contributed by atoms with Gasteiger partial charge in [0.15, 0.2) is 0 Å². The summed E-state index contributed by atoms with van der Waals surface area (Å²) in [5, 5.41) is 18.5. The van der Waals surface area contributed by atoms with Crippen LogP contribution in [0.3, 0.4) is 0 Å². The molecule has 1 aliphatic heterocycles. The number of hydrogen-bond acceptors (Lipinski definition) is 8. The molecule has 1 heterocycles. The van der Waals surface area contributed by atoms with Gasteiger partial charge in [0, 0.05) is 17.9 Å². The number of allylic oxidation sites excluding steroid dienone is 2. The van der Waals surface area contributed by atoms with Gasteiger partial charge >= 0.3 is 17.9 Å². The monoisotopic (exact) mass is 458 g/mol. The number of ether oxygens (including phenoxy) is 3. The minimum atomic E-state index is -0.773. The van der Waals surface area contributed by atoms with Crippen molar-refractivity contribution in [3.63, 3.8) is 0 Å². The van der Waals surface area contributed by atoms with Crippen LogP contribution in [0.5, 0.6) is 0 Å². The van der Waals surface area contributed by atoms with Crippen molar-refractivity contribution in [1.82, 2.24) is 0 Å². The molecule has 3 rings (SSSR count). The molecule has 0 aromatic rings. The summed E-state index contributed by atoms with van der Waals surface area (Å²) in [5.74, 6) is -2.61. The van der Waals surface area contributed by atoms with E-state index in [9.17, 15) is 24.6 Å². The van der Waals surface area contributed by atoms with Crippen LogP contribution in [0.1, 0.15) is 33.6 Å². The smallest absolute Gasteiger partial charge is 0.337 e. The van der Waals surface area contributed by atoms with Crippen LogP contribution in [0.25, 0.3) is 0 Å². The number of carbonyl (C=O) groups is 3. The fraction of sp³-hybridized carbons (Fsp3) is 0.480. The van der Waals surface area contributed by atoms with Crippen molar-refractivity contribution in [3.05, 3.63) is 58.2 Å². The Bertz CT molecular complexity index is 980. The fourth-order valence-corrected chi connectivity index (χ4v) is 4.72. The lowest BCUT2D eigenvalue weighted by molar-refractivity contribution is -0.149. The largest absolute Gasteiger partial charge is 0.458 e. The number of esters is 3. The second-order valence-corrected chi connectivity index (χ2v) is 8.46. The zero-order valence-corrected chi connectivity index (χ0v) is 19.1. The van der Waals surface area contributed by atoms with Crippen LogP contribution >= 0.6 is 0 Å². The molecule has 8 heteroatoms. The van der Waals surface area contributed by atoms with Gasteiger partial charge in [-0.25, -0.2) is 14.4 Å².